The summed E-state index contributed by atoms with van der Waals surface area (Å²) < 4.78 is 12.2. The number of amides is 1. The van der Waals surface area contributed by atoms with Gasteiger partial charge in [0.05, 0.1) is 18.9 Å². The van der Waals surface area contributed by atoms with Crippen molar-refractivity contribution < 1.29 is 14.3 Å². The Bertz CT molecular complexity index is 740. The lowest BCUT2D eigenvalue weighted by atomic mass is 10.3. The van der Waals surface area contributed by atoms with Crippen LogP contribution in [0.4, 0.5) is 5.69 Å². The Labute approximate surface area is 141 Å². The number of nitrogens with zero attached hydrogens (tertiary/aromatic N) is 1. The fourth-order valence-electron chi connectivity index (χ4n) is 2.16. The van der Waals surface area contributed by atoms with Crippen LogP contribution in [0.5, 0.6) is 11.5 Å². The number of ether oxygens (including phenoxy) is 2. The highest BCUT2D eigenvalue weighted by Crippen LogP contribution is 2.23. The van der Waals surface area contributed by atoms with E-state index in [1.165, 1.54) is 4.57 Å². The van der Waals surface area contributed by atoms with Crippen LogP contribution in [0.1, 0.15) is 20.3 Å². The molecule has 0 bridgehead atoms. The second kappa shape index (κ2) is 8.76. The Morgan fingerprint density at radius 2 is 1.83 bits per heavy atom. The number of carbonyl (C=O) groups is 1. The van der Waals surface area contributed by atoms with E-state index in [2.05, 4.69) is 5.32 Å². The molecule has 2 aromatic rings. The van der Waals surface area contributed by atoms with Gasteiger partial charge in [0.1, 0.15) is 12.3 Å². The quantitative estimate of drug-likeness (QED) is 0.808. The number of pyridine rings is 1. The topological polar surface area (TPSA) is 69.6 Å². The summed E-state index contributed by atoms with van der Waals surface area (Å²) in [6, 6.07) is 10.5. The molecule has 128 valence electrons. The van der Waals surface area contributed by atoms with Crippen LogP contribution in [-0.4, -0.2) is 23.7 Å². The van der Waals surface area contributed by atoms with Crippen LogP contribution in [0, 0.1) is 0 Å². The molecule has 1 N–H and O–H groups in total. The maximum Gasteiger partial charge on any atom is 0.293 e. The average molecular weight is 330 g/mol. The molecule has 1 amide bonds. The second-order valence-electron chi connectivity index (χ2n) is 5.13. The van der Waals surface area contributed by atoms with E-state index in [9.17, 15) is 9.59 Å². The zero-order valence-corrected chi connectivity index (χ0v) is 14.0. The van der Waals surface area contributed by atoms with Crippen molar-refractivity contribution in [3.8, 4) is 11.5 Å². The van der Waals surface area contributed by atoms with Crippen molar-refractivity contribution in [3.63, 3.8) is 0 Å². The lowest BCUT2D eigenvalue weighted by molar-refractivity contribution is -0.116. The van der Waals surface area contributed by atoms with Gasteiger partial charge in [0, 0.05) is 6.20 Å². The number of hydrogen-bond donors (Lipinski definition) is 1. The smallest absolute Gasteiger partial charge is 0.293 e. The molecule has 6 heteroatoms. The molecule has 0 unspecified atom stereocenters. The lowest BCUT2D eigenvalue weighted by Gasteiger charge is -2.12. The first-order valence-corrected chi connectivity index (χ1v) is 7.99. The third-order valence-corrected chi connectivity index (χ3v) is 3.22. The molecule has 0 spiro atoms. The summed E-state index contributed by atoms with van der Waals surface area (Å²) in [6.45, 7) is 4.71. The number of para-hydroxylation sites is 2. The number of hydrogen-bond acceptors (Lipinski definition) is 4. The fraction of sp³-hybridized carbons (Fsp3) is 0.333. The Hall–Kier alpha value is -2.76. The predicted molar refractivity (Wildman–Crippen MR) is 92.7 cm³/mol. The number of anilines is 1. The summed E-state index contributed by atoms with van der Waals surface area (Å²) in [5, 5.41) is 2.77. The van der Waals surface area contributed by atoms with E-state index >= 15 is 0 Å². The predicted octanol–water partition coefficient (Wildman–Crippen LogP) is 2.67. The van der Waals surface area contributed by atoms with Crippen LogP contribution in [0.3, 0.4) is 0 Å². The number of aromatic nitrogens is 1. The third-order valence-electron chi connectivity index (χ3n) is 3.22. The molecule has 0 aliphatic rings. The summed E-state index contributed by atoms with van der Waals surface area (Å²) in [7, 11) is 0. The third kappa shape index (κ3) is 4.62. The molecule has 0 aliphatic carbocycles. The highest BCUT2D eigenvalue weighted by Gasteiger charge is 2.10. The lowest BCUT2D eigenvalue weighted by Crippen LogP contribution is -2.28. The molecule has 1 aromatic carbocycles. The van der Waals surface area contributed by atoms with Crippen molar-refractivity contribution in [1.82, 2.24) is 4.57 Å². The molecule has 2 rings (SSSR count). The van der Waals surface area contributed by atoms with Crippen molar-refractivity contribution in [2.45, 2.75) is 26.8 Å². The van der Waals surface area contributed by atoms with Crippen molar-refractivity contribution in [2.75, 3.05) is 18.5 Å². The molecule has 0 radical (unpaired) electrons. The first-order valence-electron chi connectivity index (χ1n) is 7.99. The summed E-state index contributed by atoms with van der Waals surface area (Å²) in [6.07, 6.45) is 2.37. The number of carbonyl (C=O) groups excluding carboxylic acids is 1. The van der Waals surface area contributed by atoms with Gasteiger partial charge in [0.15, 0.2) is 5.75 Å². The maximum atomic E-state index is 12.3. The molecule has 0 atom stereocenters. The molecule has 1 aromatic heterocycles. The molecule has 0 saturated carbocycles. The van der Waals surface area contributed by atoms with Crippen molar-refractivity contribution in [2.24, 2.45) is 0 Å². The summed E-state index contributed by atoms with van der Waals surface area (Å²) >= 11 is 0. The van der Waals surface area contributed by atoms with Gasteiger partial charge in [-0.05, 0) is 37.6 Å². The summed E-state index contributed by atoms with van der Waals surface area (Å²) in [4.78, 5) is 24.5. The molecular formula is C18H22N2O4. The van der Waals surface area contributed by atoms with Gasteiger partial charge < -0.3 is 19.4 Å². The van der Waals surface area contributed by atoms with Crippen molar-refractivity contribution in [1.29, 1.82) is 0 Å². The number of nitrogens with one attached hydrogen (secondary N) is 1. The zero-order chi connectivity index (χ0) is 17.4. The Morgan fingerprint density at radius 1 is 1.08 bits per heavy atom. The Morgan fingerprint density at radius 3 is 2.58 bits per heavy atom. The Kier molecular flexibility index (Phi) is 6.42. The van der Waals surface area contributed by atoms with Gasteiger partial charge in [-0.25, -0.2) is 0 Å². The SMILES string of the molecule is CCCOc1cccn(CC(=O)Nc2ccccc2OCC)c1=O. The van der Waals surface area contributed by atoms with Gasteiger partial charge in [-0.2, -0.15) is 0 Å². The van der Waals surface area contributed by atoms with E-state index < -0.39 is 0 Å². The van der Waals surface area contributed by atoms with E-state index in [0.29, 0.717) is 24.7 Å². The zero-order valence-electron chi connectivity index (χ0n) is 14.0. The largest absolute Gasteiger partial charge is 0.492 e. The minimum atomic E-state index is -0.320. The minimum Gasteiger partial charge on any atom is -0.492 e. The van der Waals surface area contributed by atoms with Crippen molar-refractivity contribution >= 4 is 11.6 Å². The highest BCUT2D eigenvalue weighted by atomic mass is 16.5. The van der Waals surface area contributed by atoms with Crippen LogP contribution < -0.4 is 20.3 Å². The van der Waals surface area contributed by atoms with Crippen LogP contribution >= 0.6 is 0 Å². The molecule has 24 heavy (non-hydrogen) atoms. The van der Waals surface area contributed by atoms with Crippen molar-refractivity contribution in [3.05, 3.63) is 52.9 Å². The standard InChI is InChI=1S/C18H22N2O4/c1-3-12-24-16-10-7-11-20(18(16)22)13-17(21)19-14-8-5-6-9-15(14)23-4-2/h5-11H,3-4,12-13H2,1-2H3,(H,19,21). The fourth-order valence-corrected chi connectivity index (χ4v) is 2.16. The summed E-state index contributed by atoms with van der Waals surface area (Å²) in [5.74, 6) is 0.541. The van der Waals surface area contributed by atoms with E-state index in [1.807, 2.05) is 26.0 Å². The average Bonchev–Trinajstić information content (AvgIpc) is 2.57. The van der Waals surface area contributed by atoms with Gasteiger partial charge >= 0.3 is 0 Å². The normalized spacial score (nSPS) is 10.2. The van der Waals surface area contributed by atoms with Gasteiger partial charge in [0.25, 0.3) is 5.56 Å². The molecular weight excluding hydrogens is 308 g/mol. The van der Waals surface area contributed by atoms with E-state index in [4.69, 9.17) is 9.47 Å². The van der Waals surface area contributed by atoms with Crippen LogP contribution in [-0.2, 0) is 11.3 Å². The number of rotatable bonds is 8. The van der Waals surface area contributed by atoms with Crippen LogP contribution in [0.15, 0.2) is 47.4 Å². The van der Waals surface area contributed by atoms with E-state index in [1.54, 1.807) is 30.5 Å². The maximum absolute atomic E-state index is 12.3. The van der Waals surface area contributed by atoms with Gasteiger partial charge in [-0.3, -0.25) is 9.59 Å². The van der Waals surface area contributed by atoms with Gasteiger partial charge in [-0.15, -0.1) is 0 Å². The highest BCUT2D eigenvalue weighted by molar-refractivity contribution is 5.92. The summed E-state index contributed by atoms with van der Waals surface area (Å²) in [5.41, 5.74) is 0.259. The van der Waals surface area contributed by atoms with Gasteiger partial charge in [-0.1, -0.05) is 19.1 Å². The van der Waals surface area contributed by atoms with E-state index in [0.717, 1.165) is 6.42 Å². The van der Waals surface area contributed by atoms with Crippen LogP contribution in [0.25, 0.3) is 0 Å². The number of benzene rings is 1. The van der Waals surface area contributed by atoms with E-state index in [-0.39, 0.29) is 23.8 Å². The minimum absolute atomic E-state index is 0.0946. The second-order valence-corrected chi connectivity index (χ2v) is 5.13. The van der Waals surface area contributed by atoms with Crippen LogP contribution in [0.2, 0.25) is 0 Å². The molecule has 6 nitrogen and oxygen atoms in total. The Balaban J connectivity index is 2.09. The monoisotopic (exact) mass is 330 g/mol. The molecule has 1 heterocycles. The molecule has 0 fully saturated rings. The van der Waals surface area contributed by atoms with Gasteiger partial charge in [0.2, 0.25) is 5.91 Å². The first kappa shape index (κ1) is 17.6. The molecule has 0 saturated heterocycles. The first-order chi connectivity index (χ1) is 11.7. The molecule has 0 aliphatic heterocycles.